The van der Waals surface area contributed by atoms with Gasteiger partial charge < -0.3 is 15.0 Å². The zero-order valence-corrected chi connectivity index (χ0v) is 13.6. The van der Waals surface area contributed by atoms with Crippen LogP contribution in [0.25, 0.3) is 0 Å². The maximum atomic E-state index is 5.50. The third-order valence-electron chi connectivity index (χ3n) is 4.17. The first-order valence-electron chi connectivity index (χ1n) is 8.05. The molecule has 2 aromatic rings. The zero-order valence-electron chi connectivity index (χ0n) is 13.6. The summed E-state index contributed by atoms with van der Waals surface area (Å²) < 4.78 is 5.50. The molecule has 1 fully saturated rings. The zero-order chi connectivity index (χ0) is 16.1. The van der Waals surface area contributed by atoms with Gasteiger partial charge in [-0.3, -0.25) is 4.98 Å². The molecule has 6 heteroatoms. The molecule has 23 heavy (non-hydrogen) atoms. The summed E-state index contributed by atoms with van der Waals surface area (Å²) >= 11 is 0. The lowest BCUT2D eigenvalue weighted by Gasteiger charge is -2.26. The van der Waals surface area contributed by atoms with Crippen molar-refractivity contribution in [1.29, 1.82) is 0 Å². The number of hydrogen-bond acceptors (Lipinski definition) is 6. The summed E-state index contributed by atoms with van der Waals surface area (Å²) in [5.41, 5.74) is 0.998. The van der Waals surface area contributed by atoms with Crippen LogP contribution < -0.4 is 10.2 Å². The van der Waals surface area contributed by atoms with Gasteiger partial charge in [0.1, 0.15) is 5.82 Å². The highest BCUT2D eigenvalue weighted by molar-refractivity contribution is 5.42. The Hall–Kier alpha value is -2.21. The summed E-state index contributed by atoms with van der Waals surface area (Å²) in [7, 11) is 1.99. The van der Waals surface area contributed by atoms with Gasteiger partial charge in [0.2, 0.25) is 5.95 Å². The maximum Gasteiger partial charge on any atom is 0.227 e. The molecule has 2 aromatic heterocycles. The molecule has 122 valence electrons. The first kappa shape index (κ1) is 15.7. The Labute approximate surface area is 136 Å². The highest BCUT2D eigenvalue weighted by atomic mass is 16.5. The summed E-state index contributed by atoms with van der Waals surface area (Å²) in [6.07, 6.45) is 5.79. The van der Waals surface area contributed by atoms with Gasteiger partial charge in [0.25, 0.3) is 0 Å². The van der Waals surface area contributed by atoms with E-state index in [0.29, 0.717) is 12.0 Å². The van der Waals surface area contributed by atoms with Crippen LogP contribution >= 0.6 is 0 Å². The van der Waals surface area contributed by atoms with Gasteiger partial charge in [0, 0.05) is 26.0 Å². The number of anilines is 2. The fraction of sp³-hybridized carbons (Fsp3) is 0.471. The second-order valence-electron chi connectivity index (χ2n) is 5.84. The Morgan fingerprint density at radius 1 is 1.26 bits per heavy atom. The van der Waals surface area contributed by atoms with Gasteiger partial charge in [-0.2, -0.15) is 4.98 Å². The molecule has 3 heterocycles. The van der Waals surface area contributed by atoms with Crippen LogP contribution in [0.2, 0.25) is 0 Å². The van der Waals surface area contributed by atoms with Crippen molar-refractivity contribution < 1.29 is 4.74 Å². The lowest BCUT2D eigenvalue weighted by Crippen LogP contribution is -2.31. The van der Waals surface area contributed by atoms with Gasteiger partial charge in [0.05, 0.1) is 24.4 Å². The van der Waals surface area contributed by atoms with Gasteiger partial charge in [-0.1, -0.05) is 6.07 Å². The highest BCUT2D eigenvalue weighted by Crippen LogP contribution is 2.22. The third-order valence-corrected chi connectivity index (χ3v) is 4.17. The molecular formula is C17H23N5O. The minimum atomic E-state index is 0.101. The van der Waals surface area contributed by atoms with E-state index in [-0.39, 0.29) is 6.04 Å². The molecule has 1 N–H and O–H groups in total. The van der Waals surface area contributed by atoms with Gasteiger partial charge in [-0.25, -0.2) is 4.98 Å². The second-order valence-corrected chi connectivity index (χ2v) is 5.84. The minimum Gasteiger partial charge on any atom is -0.379 e. The number of nitrogens with zero attached hydrogens (tertiary/aromatic N) is 4. The molecule has 0 amide bonds. The standard InChI is InChI=1S/C17H23N5O/c1-13(15-7-3-4-9-18-15)22(2)17-19-10-8-16(21-17)20-14-6-5-11-23-12-14/h3-4,7-10,13-14H,5-6,11-12H2,1-2H3,(H,19,20,21)/t13-,14+/m0/s1. The lowest BCUT2D eigenvalue weighted by molar-refractivity contribution is 0.0875. The summed E-state index contributed by atoms with van der Waals surface area (Å²) in [6.45, 7) is 3.69. The Kier molecular flexibility index (Phi) is 5.02. The monoisotopic (exact) mass is 313 g/mol. The molecule has 2 atom stereocenters. The lowest BCUT2D eigenvalue weighted by atomic mass is 10.1. The molecule has 0 spiro atoms. The number of aromatic nitrogens is 3. The van der Waals surface area contributed by atoms with Crippen LogP contribution in [-0.2, 0) is 4.74 Å². The van der Waals surface area contributed by atoms with E-state index in [1.165, 1.54) is 0 Å². The smallest absolute Gasteiger partial charge is 0.227 e. The van der Waals surface area contributed by atoms with Crippen LogP contribution in [0.4, 0.5) is 11.8 Å². The molecular weight excluding hydrogens is 290 g/mol. The molecule has 1 aliphatic rings. The van der Waals surface area contributed by atoms with E-state index < -0.39 is 0 Å². The normalized spacial score (nSPS) is 19.1. The third kappa shape index (κ3) is 3.96. The maximum absolute atomic E-state index is 5.50. The van der Waals surface area contributed by atoms with Gasteiger partial charge in [-0.05, 0) is 38.0 Å². The Bertz CT molecular complexity index is 615. The predicted molar refractivity (Wildman–Crippen MR) is 90.6 cm³/mol. The van der Waals surface area contributed by atoms with Crippen molar-refractivity contribution in [3.05, 3.63) is 42.4 Å². The van der Waals surface area contributed by atoms with Crippen molar-refractivity contribution in [3.63, 3.8) is 0 Å². The Morgan fingerprint density at radius 3 is 2.91 bits per heavy atom. The van der Waals surface area contributed by atoms with Crippen LogP contribution in [0.15, 0.2) is 36.7 Å². The first-order valence-corrected chi connectivity index (χ1v) is 8.05. The van der Waals surface area contributed by atoms with Crippen LogP contribution in [0, 0.1) is 0 Å². The van der Waals surface area contributed by atoms with Crippen LogP contribution in [0.3, 0.4) is 0 Å². The molecule has 1 saturated heterocycles. The van der Waals surface area contributed by atoms with Crippen molar-refractivity contribution in [2.24, 2.45) is 0 Å². The van der Waals surface area contributed by atoms with Crippen molar-refractivity contribution in [2.75, 3.05) is 30.5 Å². The number of rotatable bonds is 5. The van der Waals surface area contributed by atoms with E-state index in [1.807, 2.05) is 42.4 Å². The molecule has 0 unspecified atom stereocenters. The second kappa shape index (κ2) is 7.37. The molecule has 0 saturated carbocycles. The van der Waals surface area contributed by atoms with E-state index >= 15 is 0 Å². The topological polar surface area (TPSA) is 63.2 Å². The van der Waals surface area contributed by atoms with Crippen molar-refractivity contribution in [3.8, 4) is 0 Å². The fourth-order valence-electron chi connectivity index (χ4n) is 2.66. The van der Waals surface area contributed by atoms with E-state index in [1.54, 1.807) is 6.20 Å². The van der Waals surface area contributed by atoms with E-state index in [2.05, 4.69) is 27.2 Å². The average Bonchev–Trinajstić information content (AvgIpc) is 2.62. The minimum absolute atomic E-state index is 0.101. The van der Waals surface area contributed by atoms with E-state index in [4.69, 9.17) is 4.74 Å². The largest absolute Gasteiger partial charge is 0.379 e. The first-order chi connectivity index (χ1) is 11.2. The van der Waals surface area contributed by atoms with Gasteiger partial charge in [-0.15, -0.1) is 0 Å². The Balaban J connectivity index is 1.71. The molecule has 0 radical (unpaired) electrons. The SMILES string of the molecule is C[C@@H](c1ccccn1)N(C)c1nccc(N[C@@H]2CCCOC2)n1. The molecule has 0 bridgehead atoms. The van der Waals surface area contributed by atoms with Crippen LogP contribution in [0.1, 0.15) is 31.5 Å². The van der Waals surface area contributed by atoms with Crippen LogP contribution in [-0.4, -0.2) is 41.3 Å². The van der Waals surface area contributed by atoms with E-state index in [0.717, 1.165) is 37.6 Å². The summed E-state index contributed by atoms with van der Waals surface area (Å²) in [6, 6.07) is 8.26. The number of nitrogens with one attached hydrogen (secondary N) is 1. The predicted octanol–water partition coefficient (Wildman–Crippen LogP) is 2.66. The molecule has 1 aliphatic heterocycles. The number of hydrogen-bond donors (Lipinski definition) is 1. The number of ether oxygens (including phenoxy) is 1. The number of pyridine rings is 1. The van der Waals surface area contributed by atoms with Gasteiger partial charge in [0.15, 0.2) is 0 Å². The van der Waals surface area contributed by atoms with Gasteiger partial charge >= 0.3 is 0 Å². The highest BCUT2D eigenvalue weighted by Gasteiger charge is 2.17. The summed E-state index contributed by atoms with van der Waals surface area (Å²) in [5.74, 6) is 1.52. The Morgan fingerprint density at radius 2 is 2.17 bits per heavy atom. The quantitative estimate of drug-likeness (QED) is 0.915. The summed E-state index contributed by atoms with van der Waals surface area (Å²) in [4.78, 5) is 15.5. The van der Waals surface area contributed by atoms with E-state index in [9.17, 15) is 0 Å². The summed E-state index contributed by atoms with van der Waals surface area (Å²) in [5, 5.41) is 3.44. The van der Waals surface area contributed by atoms with Crippen LogP contribution in [0.5, 0.6) is 0 Å². The molecule has 3 rings (SSSR count). The van der Waals surface area contributed by atoms with Crippen molar-refractivity contribution in [1.82, 2.24) is 15.0 Å². The van der Waals surface area contributed by atoms with Crippen molar-refractivity contribution >= 4 is 11.8 Å². The molecule has 0 aliphatic carbocycles. The average molecular weight is 313 g/mol. The molecule has 6 nitrogen and oxygen atoms in total. The fourth-order valence-corrected chi connectivity index (χ4v) is 2.66. The van der Waals surface area contributed by atoms with Crippen molar-refractivity contribution in [2.45, 2.75) is 31.8 Å². The molecule has 0 aromatic carbocycles.